The summed E-state index contributed by atoms with van der Waals surface area (Å²) in [7, 11) is 0. The number of aliphatic carboxylic acids is 1. The van der Waals surface area contributed by atoms with Crippen LogP contribution < -0.4 is 0 Å². The fourth-order valence-corrected chi connectivity index (χ4v) is 2.80. The van der Waals surface area contributed by atoms with Crippen molar-refractivity contribution in [3.05, 3.63) is 0 Å². The molecule has 92 valence electrons. The van der Waals surface area contributed by atoms with Crippen molar-refractivity contribution in [3.63, 3.8) is 0 Å². The first-order valence-corrected chi connectivity index (χ1v) is 5.71. The summed E-state index contributed by atoms with van der Waals surface area (Å²) in [4.78, 5) is 24.9. The molecule has 1 aliphatic heterocycles. The van der Waals surface area contributed by atoms with Crippen LogP contribution in [0.2, 0.25) is 0 Å². The van der Waals surface area contributed by atoms with Crippen molar-refractivity contribution in [3.8, 4) is 0 Å². The van der Waals surface area contributed by atoms with Crippen molar-refractivity contribution in [2.45, 2.75) is 52.6 Å². The molecular weight excluding hydrogens is 206 g/mol. The Bertz CT molecular complexity index is 306. The van der Waals surface area contributed by atoms with Crippen molar-refractivity contribution in [2.75, 3.05) is 0 Å². The minimum atomic E-state index is -0.804. The van der Waals surface area contributed by atoms with Crippen molar-refractivity contribution in [1.82, 2.24) is 4.90 Å². The number of nitrogens with zero attached hydrogens (tertiary/aromatic N) is 1. The van der Waals surface area contributed by atoms with Gasteiger partial charge in [0, 0.05) is 18.0 Å². The predicted octanol–water partition coefficient (Wildman–Crippen LogP) is 1.74. The molecule has 1 fully saturated rings. The molecule has 1 rings (SSSR count). The van der Waals surface area contributed by atoms with E-state index < -0.39 is 11.9 Å². The number of carboxylic acids is 1. The average Bonchev–Trinajstić information content (AvgIpc) is 1.97. The van der Waals surface area contributed by atoms with E-state index in [-0.39, 0.29) is 23.4 Å². The molecule has 16 heavy (non-hydrogen) atoms. The lowest BCUT2D eigenvalue weighted by Gasteiger charge is -2.47. The minimum absolute atomic E-state index is 0.0602. The average molecular weight is 227 g/mol. The van der Waals surface area contributed by atoms with E-state index in [0.29, 0.717) is 6.42 Å². The number of hydrogen-bond donors (Lipinski definition) is 1. The Labute approximate surface area is 96.6 Å². The molecule has 0 bridgehead atoms. The van der Waals surface area contributed by atoms with Crippen molar-refractivity contribution >= 4 is 11.9 Å². The predicted molar refractivity (Wildman–Crippen MR) is 61.0 cm³/mol. The summed E-state index contributed by atoms with van der Waals surface area (Å²) in [5.74, 6) is -1.29. The van der Waals surface area contributed by atoms with Gasteiger partial charge in [-0.05, 0) is 33.6 Å². The highest BCUT2D eigenvalue weighted by molar-refractivity contribution is 5.82. The molecule has 1 heterocycles. The number of amides is 1. The lowest BCUT2D eigenvalue weighted by atomic mass is 9.79. The van der Waals surface area contributed by atoms with E-state index in [1.165, 1.54) is 0 Å². The van der Waals surface area contributed by atoms with E-state index in [0.717, 1.165) is 0 Å². The second-order valence-corrected chi connectivity index (χ2v) is 5.72. The molecule has 0 spiro atoms. The summed E-state index contributed by atoms with van der Waals surface area (Å²) in [5.41, 5.74) is -0.315. The fourth-order valence-electron chi connectivity index (χ4n) is 2.80. The first-order chi connectivity index (χ1) is 7.16. The van der Waals surface area contributed by atoms with Crippen LogP contribution in [0.5, 0.6) is 0 Å². The van der Waals surface area contributed by atoms with Crippen LogP contribution in [0.15, 0.2) is 0 Å². The molecule has 1 N–H and O–H groups in total. The van der Waals surface area contributed by atoms with Crippen LogP contribution in [0.25, 0.3) is 0 Å². The van der Waals surface area contributed by atoms with Gasteiger partial charge < -0.3 is 10.0 Å². The molecule has 0 aliphatic carbocycles. The van der Waals surface area contributed by atoms with E-state index in [4.69, 9.17) is 0 Å². The Morgan fingerprint density at radius 2 is 1.88 bits per heavy atom. The quantitative estimate of drug-likeness (QED) is 0.742. The summed E-state index contributed by atoms with van der Waals surface area (Å²) < 4.78 is 0. The van der Waals surface area contributed by atoms with E-state index >= 15 is 0 Å². The lowest BCUT2D eigenvalue weighted by Crippen LogP contribution is -2.59. The Morgan fingerprint density at radius 1 is 1.38 bits per heavy atom. The summed E-state index contributed by atoms with van der Waals surface area (Å²) >= 11 is 0. The second kappa shape index (κ2) is 4.07. The van der Waals surface area contributed by atoms with Crippen LogP contribution in [-0.4, -0.2) is 33.5 Å². The monoisotopic (exact) mass is 227 g/mol. The largest absolute Gasteiger partial charge is 0.481 e. The molecule has 3 unspecified atom stereocenters. The minimum Gasteiger partial charge on any atom is -0.481 e. The summed E-state index contributed by atoms with van der Waals surface area (Å²) in [6.45, 7) is 9.49. The summed E-state index contributed by atoms with van der Waals surface area (Å²) in [5, 5.41) is 9.21. The van der Waals surface area contributed by atoms with E-state index in [9.17, 15) is 14.7 Å². The first-order valence-electron chi connectivity index (χ1n) is 5.71. The number of rotatable bonds is 1. The van der Waals surface area contributed by atoms with Gasteiger partial charge in [0.05, 0.1) is 5.92 Å². The van der Waals surface area contributed by atoms with Crippen LogP contribution in [0.4, 0.5) is 0 Å². The Kier molecular flexibility index (Phi) is 3.31. The van der Waals surface area contributed by atoms with Gasteiger partial charge in [-0.15, -0.1) is 0 Å². The highest BCUT2D eigenvalue weighted by atomic mass is 16.4. The molecule has 0 radical (unpaired) electrons. The molecule has 3 atom stereocenters. The SMILES string of the molecule is CC1CC(=O)N(C(C)(C)C)C(C)C1C(=O)O. The van der Waals surface area contributed by atoms with Gasteiger partial charge in [0.15, 0.2) is 0 Å². The third-order valence-electron chi connectivity index (χ3n) is 3.31. The van der Waals surface area contributed by atoms with Gasteiger partial charge in [0.25, 0.3) is 0 Å². The number of piperidine rings is 1. The number of likely N-dealkylation sites (tertiary alicyclic amines) is 1. The van der Waals surface area contributed by atoms with E-state index in [2.05, 4.69) is 0 Å². The zero-order valence-corrected chi connectivity index (χ0v) is 10.7. The Morgan fingerprint density at radius 3 is 2.25 bits per heavy atom. The maximum absolute atomic E-state index is 12.0. The molecule has 0 aromatic carbocycles. The van der Waals surface area contributed by atoms with Crippen LogP contribution in [0.3, 0.4) is 0 Å². The van der Waals surface area contributed by atoms with Crippen LogP contribution >= 0.6 is 0 Å². The molecule has 0 aromatic rings. The van der Waals surface area contributed by atoms with Gasteiger partial charge in [-0.25, -0.2) is 0 Å². The van der Waals surface area contributed by atoms with Crippen LogP contribution in [0.1, 0.15) is 41.0 Å². The van der Waals surface area contributed by atoms with Gasteiger partial charge in [0.2, 0.25) is 5.91 Å². The molecule has 1 aliphatic rings. The highest BCUT2D eigenvalue weighted by Gasteiger charge is 2.45. The third-order valence-corrected chi connectivity index (χ3v) is 3.31. The van der Waals surface area contributed by atoms with Crippen molar-refractivity contribution in [1.29, 1.82) is 0 Å². The van der Waals surface area contributed by atoms with Crippen LogP contribution in [0, 0.1) is 11.8 Å². The zero-order chi connectivity index (χ0) is 12.7. The topological polar surface area (TPSA) is 57.6 Å². The summed E-state index contributed by atoms with van der Waals surface area (Å²) in [6, 6.07) is -0.242. The maximum atomic E-state index is 12.0. The Hall–Kier alpha value is -1.06. The van der Waals surface area contributed by atoms with Crippen molar-refractivity contribution in [2.24, 2.45) is 11.8 Å². The van der Waals surface area contributed by atoms with Gasteiger partial charge in [-0.2, -0.15) is 0 Å². The molecule has 1 saturated heterocycles. The third kappa shape index (κ3) is 2.20. The number of hydrogen-bond acceptors (Lipinski definition) is 2. The molecule has 4 heteroatoms. The summed E-state index contributed by atoms with van der Waals surface area (Å²) in [6.07, 6.45) is 0.332. The highest BCUT2D eigenvalue weighted by Crippen LogP contribution is 2.34. The lowest BCUT2D eigenvalue weighted by molar-refractivity contribution is -0.159. The second-order valence-electron chi connectivity index (χ2n) is 5.72. The smallest absolute Gasteiger partial charge is 0.308 e. The standard InChI is InChI=1S/C12H21NO3/c1-7-6-9(14)13(12(3,4)5)8(2)10(7)11(15)16/h7-8,10H,6H2,1-5H3,(H,15,16). The van der Waals surface area contributed by atoms with Crippen molar-refractivity contribution < 1.29 is 14.7 Å². The van der Waals surface area contributed by atoms with Gasteiger partial charge in [-0.1, -0.05) is 6.92 Å². The van der Waals surface area contributed by atoms with E-state index in [1.54, 1.807) is 4.90 Å². The molecule has 0 saturated carbocycles. The fraction of sp³-hybridized carbons (Fsp3) is 0.833. The molecule has 1 amide bonds. The maximum Gasteiger partial charge on any atom is 0.308 e. The molecule has 0 aromatic heterocycles. The normalized spacial score (nSPS) is 31.7. The first kappa shape index (κ1) is 13.0. The Balaban J connectivity index is 3.04. The molecular formula is C12H21NO3. The number of carbonyl (C=O) groups is 2. The van der Waals surface area contributed by atoms with Crippen LogP contribution in [-0.2, 0) is 9.59 Å². The zero-order valence-electron chi connectivity index (χ0n) is 10.7. The van der Waals surface area contributed by atoms with Gasteiger partial charge in [0.1, 0.15) is 0 Å². The molecule has 4 nitrogen and oxygen atoms in total. The van der Waals surface area contributed by atoms with E-state index in [1.807, 2.05) is 34.6 Å². The van der Waals surface area contributed by atoms with Gasteiger partial charge in [-0.3, -0.25) is 9.59 Å². The van der Waals surface area contributed by atoms with Gasteiger partial charge >= 0.3 is 5.97 Å². The number of carboxylic acid groups (broad SMARTS) is 1. The number of carbonyl (C=O) groups excluding carboxylic acids is 1.